The van der Waals surface area contributed by atoms with Crippen molar-refractivity contribution in [3.63, 3.8) is 0 Å². The lowest BCUT2D eigenvalue weighted by Gasteiger charge is -2.07. The van der Waals surface area contributed by atoms with Crippen LogP contribution in [0.25, 0.3) is 0 Å². The standard InChI is InChI=1S/C12H17NO3/c1-12(2)6-8(12)10(14)13-9(11(15)16)5-7-3-4-7/h5,7-8H,3-4,6H2,1-2H3,(H,13,14)(H,15,16). The largest absolute Gasteiger partial charge is 0.477 e. The van der Waals surface area contributed by atoms with Crippen LogP contribution in [0.5, 0.6) is 0 Å². The molecule has 16 heavy (non-hydrogen) atoms. The predicted molar refractivity (Wildman–Crippen MR) is 58.5 cm³/mol. The first-order valence-corrected chi connectivity index (χ1v) is 5.66. The maximum Gasteiger partial charge on any atom is 0.352 e. The van der Waals surface area contributed by atoms with Crippen LogP contribution in [0.3, 0.4) is 0 Å². The molecule has 0 radical (unpaired) electrons. The molecule has 2 fully saturated rings. The SMILES string of the molecule is CC1(C)CC1C(=O)NC(=CC1CC1)C(=O)O. The minimum Gasteiger partial charge on any atom is -0.477 e. The average Bonchev–Trinajstić information content (AvgIpc) is 3.03. The number of aliphatic carboxylic acids is 1. The first-order chi connectivity index (χ1) is 7.40. The van der Waals surface area contributed by atoms with Crippen LogP contribution in [-0.4, -0.2) is 17.0 Å². The summed E-state index contributed by atoms with van der Waals surface area (Å²) in [5, 5.41) is 11.5. The quantitative estimate of drug-likeness (QED) is 0.710. The molecule has 88 valence electrons. The van der Waals surface area contributed by atoms with Crippen molar-refractivity contribution < 1.29 is 14.7 Å². The third-order valence-corrected chi connectivity index (χ3v) is 3.34. The molecule has 0 aliphatic heterocycles. The molecular weight excluding hydrogens is 206 g/mol. The van der Waals surface area contributed by atoms with Gasteiger partial charge in [0.2, 0.25) is 5.91 Å². The third-order valence-electron chi connectivity index (χ3n) is 3.34. The van der Waals surface area contributed by atoms with Crippen LogP contribution in [-0.2, 0) is 9.59 Å². The molecule has 0 saturated heterocycles. The van der Waals surface area contributed by atoms with Crippen molar-refractivity contribution >= 4 is 11.9 Å². The molecule has 2 aliphatic rings. The van der Waals surface area contributed by atoms with Gasteiger partial charge in [-0.05, 0) is 30.6 Å². The van der Waals surface area contributed by atoms with E-state index in [-0.39, 0.29) is 22.9 Å². The van der Waals surface area contributed by atoms with Gasteiger partial charge in [0.05, 0.1) is 0 Å². The number of carboxylic acids is 1. The van der Waals surface area contributed by atoms with Crippen molar-refractivity contribution in [2.75, 3.05) is 0 Å². The van der Waals surface area contributed by atoms with Gasteiger partial charge in [-0.3, -0.25) is 4.79 Å². The number of amides is 1. The van der Waals surface area contributed by atoms with Gasteiger partial charge in [-0.15, -0.1) is 0 Å². The van der Waals surface area contributed by atoms with Crippen molar-refractivity contribution in [2.24, 2.45) is 17.3 Å². The number of carbonyl (C=O) groups excluding carboxylic acids is 1. The van der Waals surface area contributed by atoms with Gasteiger partial charge in [-0.25, -0.2) is 4.79 Å². The molecule has 0 aromatic rings. The van der Waals surface area contributed by atoms with Crippen LogP contribution in [0.4, 0.5) is 0 Å². The third kappa shape index (κ3) is 2.43. The Morgan fingerprint density at radius 1 is 1.38 bits per heavy atom. The number of nitrogens with one attached hydrogen (secondary N) is 1. The van der Waals surface area contributed by atoms with Crippen molar-refractivity contribution in [1.29, 1.82) is 0 Å². The smallest absolute Gasteiger partial charge is 0.352 e. The Labute approximate surface area is 94.7 Å². The molecule has 1 amide bonds. The van der Waals surface area contributed by atoms with E-state index in [2.05, 4.69) is 5.32 Å². The molecule has 0 bridgehead atoms. The lowest BCUT2D eigenvalue weighted by atomic mass is 10.1. The molecule has 4 heteroatoms. The number of carbonyl (C=O) groups is 2. The summed E-state index contributed by atoms with van der Waals surface area (Å²) < 4.78 is 0. The summed E-state index contributed by atoms with van der Waals surface area (Å²) in [6.07, 6.45) is 4.56. The number of rotatable bonds is 4. The minimum atomic E-state index is -1.04. The topological polar surface area (TPSA) is 66.4 Å². The highest BCUT2D eigenvalue weighted by Gasteiger charge is 2.50. The van der Waals surface area contributed by atoms with Crippen LogP contribution in [0.1, 0.15) is 33.1 Å². The van der Waals surface area contributed by atoms with Gasteiger partial charge in [0.15, 0.2) is 0 Å². The van der Waals surface area contributed by atoms with Crippen LogP contribution in [0, 0.1) is 17.3 Å². The molecule has 2 saturated carbocycles. The second kappa shape index (κ2) is 3.61. The first kappa shape index (κ1) is 11.2. The van der Waals surface area contributed by atoms with Crippen molar-refractivity contribution in [3.05, 3.63) is 11.8 Å². The van der Waals surface area contributed by atoms with Gasteiger partial charge < -0.3 is 10.4 Å². The van der Waals surface area contributed by atoms with Gasteiger partial charge in [-0.2, -0.15) is 0 Å². The molecule has 2 N–H and O–H groups in total. The molecular formula is C12H17NO3. The first-order valence-electron chi connectivity index (χ1n) is 5.66. The summed E-state index contributed by atoms with van der Waals surface area (Å²) in [6, 6.07) is 0. The van der Waals surface area contributed by atoms with Gasteiger partial charge >= 0.3 is 5.97 Å². The Morgan fingerprint density at radius 2 is 1.94 bits per heavy atom. The summed E-state index contributed by atoms with van der Waals surface area (Å²) in [7, 11) is 0. The molecule has 4 nitrogen and oxygen atoms in total. The fourth-order valence-corrected chi connectivity index (χ4v) is 1.80. The van der Waals surface area contributed by atoms with Crippen molar-refractivity contribution in [3.8, 4) is 0 Å². The summed E-state index contributed by atoms with van der Waals surface area (Å²) >= 11 is 0. The van der Waals surface area contributed by atoms with Crippen LogP contribution in [0.2, 0.25) is 0 Å². The van der Waals surface area contributed by atoms with Crippen LogP contribution in [0.15, 0.2) is 11.8 Å². The monoisotopic (exact) mass is 223 g/mol. The lowest BCUT2D eigenvalue weighted by Crippen LogP contribution is -2.29. The van der Waals surface area contributed by atoms with E-state index in [0.29, 0.717) is 5.92 Å². The van der Waals surface area contributed by atoms with Crippen LogP contribution < -0.4 is 5.32 Å². The number of carboxylic acid groups (broad SMARTS) is 1. The fraction of sp³-hybridized carbons (Fsp3) is 0.667. The zero-order chi connectivity index (χ0) is 11.9. The maximum absolute atomic E-state index is 11.7. The summed E-state index contributed by atoms with van der Waals surface area (Å²) in [6.45, 7) is 4.03. The molecule has 0 spiro atoms. The number of allylic oxidation sites excluding steroid dienone is 1. The molecule has 0 heterocycles. The summed E-state index contributed by atoms with van der Waals surface area (Å²) in [5.74, 6) is -0.883. The van der Waals surface area contributed by atoms with E-state index in [1.807, 2.05) is 13.8 Å². The Morgan fingerprint density at radius 3 is 2.31 bits per heavy atom. The number of hydrogen-bond donors (Lipinski definition) is 2. The van der Waals surface area contributed by atoms with E-state index in [9.17, 15) is 9.59 Å². The molecule has 0 aromatic heterocycles. The predicted octanol–water partition coefficient (Wildman–Crippen LogP) is 1.53. The van der Waals surface area contributed by atoms with E-state index in [4.69, 9.17) is 5.11 Å². The van der Waals surface area contributed by atoms with E-state index in [1.54, 1.807) is 6.08 Å². The Bertz CT molecular complexity index is 366. The zero-order valence-corrected chi connectivity index (χ0v) is 9.62. The Kier molecular flexibility index (Phi) is 2.52. The molecule has 2 aliphatic carbocycles. The van der Waals surface area contributed by atoms with Gasteiger partial charge in [0.25, 0.3) is 0 Å². The lowest BCUT2D eigenvalue weighted by molar-refractivity contribution is -0.135. The highest BCUT2D eigenvalue weighted by molar-refractivity contribution is 5.94. The Balaban J connectivity index is 1.96. The van der Waals surface area contributed by atoms with Crippen molar-refractivity contribution in [1.82, 2.24) is 5.32 Å². The number of hydrogen-bond acceptors (Lipinski definition) is 2. The summed E-state index contributed by atoms with van der Waals surface area (Å²) in [4.78, 5) is 22.6. The van der Waals surface area contributed by atoms with Crippen molar-refractivity contribution in [2.45, 2.75) is 33.1 Å². The maximum atomic E-state index is 11.7. The summed E-state index contributed by atoms with van der Waals surface area (Å²) in [5.41, 5.74) is 0.0861. The molecule has 1 unspecified atom stereocenters. The zero-order valence-electron chi connectivity index (χ0n) is 9.62. The fourth-order valence-electron chi connectivity index (χ4n) is 1.80. The van der Waals surface area contributed by atoms with Gasteiger partial charge in [0.1, 0.15) is 5.70 Å². The minimum absolute atomic E-state index is 0.0329. The molecule has 2 rings (SSSR count). The Hall–Kier alpha value is -1.32. The van der Waals surface area contributed by atoms with Gasteiger partial charge in [0, 0.05) is 5.92 Å². The van der Waals surface area contributed by atoms with Crippen LogP contribution >= 0.6 is 0 Å². The molecule has 1 atom stereocenters. The average molecular weight is 223 g/mol. The van der Waals surface area contributed by atoms with E-state index in [0.717, 1.165) is 19.3 Å². The van der Waals surface area contributed by atoms with Gasteiger partial charge in [-0.1, -0.05) is 19.9 Å². The molecule has 0 aromatic carbocycles. The second-order valence-electron chi connectivity index (χ2n) is 5.46. The highest BCUT2D eigenvalue weighted by Crippen LogP contribution is 2.51. The highest BCUT2D eigenvalue weighted by atomic mass is 16.4. The second-order valence-corrected chi connectivity index (χ2v) is 5.46. The van der Waals surface area contributed by atoms with E-state index < -0.39 is 5.97 Å². The van der Waals surface area contributed by atoms with E-state index in [1.165, 1.54) is 0 Å². The normalized spacial score (nSPS) is 27.4. The van der Waals surface area contributed by atoms with E-state index >= 15 is 0 Å².